The van der Waals surface area contributed by atoms with E-state index in [0.717, 1.165) is 25.7 Å². The van der Waals surface area contributed by atoms with Gasteiger partial charge in [-0.1, -0.05) is 26.7 Å². The Morgan fingerprint density at radius 2 is 1.90 bits per heavy atom. The maximum Gasteiger partial charge on any atom is 0.317 e. The minimum atomic E-state index is -0.876. The van der Waals surface area contributed by atoms with Crippen molar-refractivity contribution in [2.75, 3.05) is 19.7 Å². The third-order valence-electron chi connectivity index (χ3n) is 3.97. The summed E-state index contributed by atoms with van der Waals surface area (Å²) in [6.07, 6.45) is 4.67. The number of nitrogens with one attached hydrogen (secondary N) is 1. The first kappa shape index (κ1) is 17.8. The molecule has 2 amide bonds. The molecule has 21 heavy (non-hydrogen) atoms. The van der Waals surface area contributed by atoms with Crippen LogP contribution in [-0.2, 0) is 4.79 Å². The van der Waals surface area contributed by atoms with Crippen LogP contribution in [0.25, 0.3) is 0 Å². The van der Waals surface area contributed by atoms with Crippen LogP contribution in [0.4, 0.5) is 4.79 Å². The van der Waals surface area contributed by atoms with Crippen LogP contribution in [0.1, 0.15) is 46.0 Å². The van der Waals surface area contributed by atoms with Gasteiger partial charge in [0.15, 0.2) is 0 Å². The van der Waals surface area contributed by atoms with E-state index in [-0.39, 0.29) is 31.1 Å². The number of hydrogen-bond donors (Lipinski definition) is 3. The second-order valence-corrected chi connectivity index (χ2v) is 6.21. The van der Waals surface area contributed by atoms with E-state index in [2.05, 4.69) is 5.32 Å². The normalized spacial score (nSPS) is 17.0. The van der Waals surface area contributed by atoms with Gasteiger partial charge in [-0.15, -0.1) is 0 Å². The Morgan fingerprint density at radius 1 is 1.29 bits per heavy atom. The molecule has 6 heteroatoms. The van der Waals surface area contributed by atoms with Crippen molar-refractivity contribution in [3.63, 3.8) is 0 Å². The highest BCUT2D eigenvalue weighted by Gasteiger charge is 2.27. The maximum atomic E-state index is 12.2. The van der Waals surface area contributed by atoms with Gasteiger partial charge >= 0.3 is 12.0 Å². The van der Waals surface area contributed by atoms with Gasteiger partial charge in [-0.3, -0.25) is 4.79 Å². The van der Waals surface area contributed by atoms with Crippen LogP contribution in [0.15, 0.2) is 0 Å². The minimum Gasteiger partial charge on any atom is -0.481 e. The van der Waals surface area contributed by atoms with E-state index in [1.165, 1.54) is 0 Å². The van der Waals surface area contributed by atoms with E-state index in [4.69, 9.17) is 5.11 Å². The topological polar surface area (TPSA) is 89.9 Å². The number of rotatable bonds is 8. The Hall–Kier alpha value is -1.30. The lowest BCUT2D eigenvalue weighted by Gasteiger charge is -2.29. The molecule has 122 valence electrons. The Balaban J connectivity index is 2.53. The van der Waals surface area contributed by atoms with Gasteiger partial charge in [0.25, 0.3) is 0 Å². The number of aliphatic hydroxyl groups is 1. The zero-order valence-corrected chi connectivity index (χ0v) is 13.0. The largest absolute Gasteiger partial charge is 0.481 e. The van der Waals surface area contributed by atoms with Gasteiger partial charge in [-0.2, -0.15) is 0 Å². The van der Waals surface area contributed by atoms with Crippen LogP contribution in [0, 0.1) is 11.8 Å². The lowest BCUT2D eigenvalue weighted by atomic mass is 9.97. The fraction of sp³-hybridized carbons (Fsp3) is 0.867. The predicted molar refractivity (Wildman–Crippen MR) is 80.0 cm³/mol. The van der Waals surface area contributed by atoms with Crippen molar-refractivity contribution in [3.05, 3.63) is 0 Å². The number of nitrogens with zero attached hydrogens (tertiary/aromatic N) is 1. The fourth-order valence-corrected chi connectivity index (χ4v) is 2.93. The number of aliphatic hydroxyl groups excluding tert-OH is 1. The number of carbonyl (C=O) groups excluding carboxylic acids is 1. The molecule has 1 aliphatic carbocycles. The monoisotopic (exact) mass is 300 g/mol. The summed E-state index contributed by atoms with van der Waals surface area (Å²) >= 11 is 0. The predicted octanol–water partition coefficient (Wildman–Crippen LogP) is 1.68. The van der Waals surface area contributed by atoms with Crippen molar-refractivity contribution in [2.24, 2.45) is 11.8 Å². The van der Waals surface area contributed by atoms with Crippen LogP contribution in [0.3, 0.4) is 0 Å². The van der Waals surface area contributed by atoms with Crippen LogP contribution in [0.2, 0.25) is 0 Å². The van der Waals surface area contributed by atoms with Gasteiger partial charge in [-0.05, 0) is 25.2 Å². The zero-order chi connectivity index (χ0) is 15.8. The minimum absolute atomic E-state index is 0.0712. The van der Waals surface area contributed by atoms with Gasteiger partial charge in [-0.25, -0.2) is 4.79 Å². The van der Waals surface area contributed by atoms with Crippen LogP contribution >= 0.6 is 0 Å². The van der Waals surface area contributed by atoms with Crippen molar-refractivity contribution >= 4 is 12.0 Å². The van der Waals surface area contributed by atoms with E-state index in [1.54, 1.807) is 4.90 Å². The van der Waals surface area contributed by atoms with Gasteiger partial charge in [0.05, 0.1) is 12.5 Å². The molecule has 0 radical (unpaired) electrons. The smallest absolute Gasteiger partial charge is 0.317 e. The van der Waals surface area contributed by atoms with Crippen LogP contribution in [-0.4, -0.2) is 52.9 Å². The Kier molecular flexibility index (Phi) is 7.50. The average molecular weight is 300 g/mol. The molecule has 1 aliphatic rings. The summed E-state index contributed by atoms with van der Waals surface area (Å²) in [5.74, 6) is -1.17. The average Bonchev–Trinajstić information content (AvgIpc) is 2.93. The first-order chi connectivity index (χ1) is 9.95. The second kappa shape index (κ2) is 8.87. The summed E-state index contributed by atoms with van der Waals surface area (Å²) in [5.41, 5.74) is 0. The van der Waals surface area contributed by atoms with E-state index in [9.17, 15) is 14.7 Å². The van der Waals surface area contributed by atoms with Gasteiger partial charge in [0.2, 0.25) is 0 Å². The number of hydrogen-bond acceptors (Lipinski definition) is 3. The fourth-order valence-electron chi connectivity index (χ4n) is 2.93. The molecule has 0 aromatic carbocycles. The first-order valence-electron chi connectivity index (χ1n) is 7.83. The molecule has 0 heterocycles. The third kappa shape index (κ3) is 5.91. The number of carbonyl (C=O) groups is 2. The molecule has 0 aliphatic heterocycles. The quantitative estimate of drug-likeness (QED) is 0.636. The number of carboxylic acid groups (broad SMARTS) is 1. The molecule has 0 aromatic rings. The lowest BCUT2D eigenvalue weighted by Crippen LogP contribution is -2.48. The third-order valence-corrected chi connectivity index (χ3v) is 3.97. The molecule has 1 fully saturated rings. The molecule has 3 N–H and O–H groups in total. The van der Waals surface area contributed by atoms with E-state index >= 15 is 0 Å². The summed E-state index contributed by atoms with van der Waals surface area (Å²) < 4.78 is 0. The Bertz CT molecular complexity index is 341. The molecule has 1 unspecified atom stereocenters. The molecular weight excluding hydrogens is 272 g/mol. The molecule has 0 saturated heterocycles. The number of amides is 2. The summed E-state index contributed by atoms with van der Waals surface area (Å²) in [4.78, 5) is 25.1. The summed E-state index contributed by atoms with van der Waals surface area (Å²) in [7, 11) is 0. The van der Waals surface area contributed by atoms with Crippen molar-refractivity contribution in [1.29, 1.82) is 0 Å². The van der Waals surface area contributed by atoms with Crippen molar-refractivity contribution < 1.29 is 19.8 Å². The molecule has 1 rings (SSSR count). The Morgan fingerprint density at radius 3 is 2.38 bits per heavy atom. The van der Waals surface area contributed by atoms with Crippen molar-refractivity contribution in [2.45, 2.75) is 52.0 Å². The van der Waals surface area contributed by atoms with Crippen molar-refractivity contribution in [3.8, 4) is 0 Å². The summed E-state index contributed by atoms with van der Waals surface area (Å²) in [6.45, 7) is 4.31. The van der Waals surface area contributed by atoms with E-state index in [0.29, 0.717) is 13.0 Å². The summed E-state index contributed by atoms with van der Waals surface area (Å²) in [5, 5.41) is 21.0. The maximum absolute atomic E-state index is 12.2. The van der Waals surface area contributed by atoms with E-state index < -0.39 is 11.9 Å². The first-order valence-corrected chi connectivity index (χ1v) is 7.83. The molecular formula is C15H28N2O4. The van der Waals surface area contributed by atoms with Crippen molar-refractivity contribution in [1.82, 2.24) is 10.2 Å². The highest BCUT2D eigenvalue weighted by atomic mass is 16.4. The van der Waals surface area contributed by atoms with Gasteiger partial charge in [0, 0.05) is 19.1 Å². The number of aliphatic carboxylic acids is 1. The Labute approximate surface area is 126 Å². The number of carboxylic acids is 1. The zero-order valence-electron chi connectivity index (χ0n) is 13.0. The standard InChI is InChI=1S/C15H28N2O4/c1-11(2)9-12(14(19)20)10-16-15(21)17(7-8-18)13-5-3-4-6-13/h11-13,18H,3-10H2,1-2H3,(H,16,21)(H,19,20). The molecule has 0 aromatic heterocycles. The number of urea groups is 1. The molecule has 1 atom stereocenters. The highest BCUT2D eigenvalue weighted by Crippen LogP contribution is 2.23. The van der Waals surface area contributed by atoms with Gasteiger partial charge in [0.1, 0.15) is 0 Å². The van der Waals surface area contributed by atoms with Crippen LogP contribution < -0.4 is 5.32 Å². The SMILES string of the molecule is CC(C)CC(CNC(=O)N(CCO)C1CCCC1)C(=O)O. The molecule has 0 bridgehead atoms. The second-order valence-electron chi connectivity index (χ2n) is 6.21. The summed E-state index contributed by atoms with van der Waals surface area (Å²) in [6, 6.07) is -0.0866. The molecule has 1 saturated carbocycles. The van der Waals surface area contributed by atoms with E-state index in [1.807, 2.05) is 13.8 Å². The lowest BCUT2D eigenvalue weighted by molar-refractivity contribution is -0.142. The van der Waals surface area contributed by atoms with Gasteiger partial charge < -0.3 is 20.4 Å². The highest BCUT2D eigenvalue weighted by molar-refractivity contribution is 5.76. The van der Waals surface area contributed by atoms with Crippen LogP contribution in [0.5, 0.6) is 0 Å². The molecule has 6 nitrogen and oxygen atoms in total. The molecule has 0 spiro atoms.